The highest BCUT2D eigenvalue weighted by atomic mass is 19.1. The molecule has 2 aromatic rings. The van der Waals surface area contributed by atoms with E-state index in [9.17, 15) is 18.8 Å². The van der Waals surface area contributed by atoms with Crippen molar-refractivity contribution >= 4 is 23.5 Å². The Morgan fingerprint density at radius 3 is 2.35 bits per heavy atom. The molecule has 0 heterocycles. The fourth-order valence-corrected chi connectivity index (χ4v) is 2.04. The van der Waals surface area contributed by atoms with Crippen molar-refractivity contribution in [3.05, 3.63) is 59.4 Å². The molecule has 0 atom stereocenters. The summed E-state index contributed by atoms with van der Waals surface area (Å²) in [4.78, 5) is 35.1. The molecular weight excluding hydrogens is 343 g/mol. The van der Waals surface area contributed by atoms with Crippen molar-refractivity contribution in [1.82, 2.24) is 5.32 Å². The number of carbonyl (C=O) groups is 3. The zero-order valence-electron chi connectivity index (χ0n) is 14.2. The van der Waals surface area contributed by atoms with Gasteiger partial charge in [0.1, 0.15) is 11.6 Å². The van der Waals surface area contributed by atoms with Crippen LogP contribution in [0, 0.1) is 5.82 Å². The third kappa shape index (κ3) is 4.79. The molecule has 0 fully saturated rings. The highest BCUT2D eigenvalue weighted by molar-refractivity contribution is 5.97. The Hall–Kier alpha value is -3.42. The van der Waals surface area contributed by atoms with Crippen molar-refractivity contribution in [3.63, 3.8) is 0 Å². The predicted octanol–water partition coefficient (Wildman–Crippen LogP) is 1.99. The summed E-state index contributed by atoms with van der Waals surface area (Å²) in [6.07, 6.45) is 0. The van der Waals surface area contributed by atoms with Crippen LogP contribution in [0.1, 0.15) is 20.7 Å². The lowest BCUT2D eigenvalue weighted by Crippen LogP contribution is -2.21. The van der Waals surface area contributed by atoms with Crippen LogP contribution in [-0.4, -0.2) is 38.5 Å². The Morgan fingerprint density at radius 2 is 1.77 bits per heavy atom. The molecule has 136 valence electrons. The van der Waals surface area contributed by atoms with E-state index in [1.807, 2.05) is 0 Å². The Bertz CT molecular complexity index is 821. The average Bonchev–Trinajstić information content (AvgIpc) is 2.65. The Balaban J connectivity index is 1.90. The summed E-state index contributed by atoms with van der Waals surface area (Å²) < 4.78 is 23.4. The van der Waals surface area contributed by atoms with Gasteiger partial charge in [0.25, 0.3) is 11.8 Å². The van der Waals surface area contributed by atoms with Crippen LogP contribution >= 0.6 is 0 Å². The molecule has 0 unspecified atom stereocenters. The number of amides is 2. The summed E-state index contributed by atoms with van der Waals surface area (Å²) in [6.45, 7) is -0.582. The van der Waals surface area contributed by atoms with Gasteiger partial charge in [0.15, 0.2) is 6.61 Å². The van der Waals surface area contributed by atoms with Gasteiger partial charge >= 0.3 is 5.97 Å². The number of halogens is 1. The molecule has 0 bridgehead atoms. The highest BCUT2D eigenvalue weighted by Gasteiger charge is 2.15. The molecule has 0 saturated heterocycles. The summed E-state index contributed by atoms with van der Waals surface area (Å²) in [5.74, 6) is -2.36. The normalized spacial score (nSPS) is 9.96. The largest absolute Gasteiger partial charge is 0.497 e. The first-order valence-electron chi connectivity index (χ1n) is 7.57. The number of anilines is 1. The minimum atomic E-state index is -0.963. The summed E-state index contributed by atoms with van der Waals surface area (Å²) in [5, 5.41) is 4.98. The van der Waals surface area contributed by atoms with Crippen LogP contribution in [0.25, 0.3) is 0 Å². The van der Waals surface area contributed by atoms with E-state index in [-0.39, 0.29) is 17.2 Å². The lowest BCUT2D eigenvalue weighted by molar-refractivity contribution is -0.119. The Kier molecular flexibility index (Phi) is 6.26. The molecule has 2 amide bonds. The maximum absolute atomic E-state index is 13.8. The van der Waals surface area contributed by atoms with E-state index >= 15 is 0 Å². The number of ether oxygens (including phenoxy) is 2. The van der Waals surface area contributed by atoms with Gasteiger partial charge in [-0.05, 0) is 36.4 Å². The minimum absolute atomic E-state index is 0.252. The summed E-state index contributed by atoms with van der Waals surface area (Å²) in [6, 6.07) is 9.81. The average molecular weight is 360 g/mol. The van der Waals surface area contributed by atoms with Gasteiger partial charge in [0, 0.05) is 24.4 Å². The van der Waals surface area contributed by atoms with Crippen molar-refractivity contribution in [2.75, 3.05) is 26.1 Å². The number of esters is 1. The summed E-state index contributed by atoms with van der Waals surface area (Å²) >= 11 is 0. The molecule has 0 aromatic heterocycles. The quantitative estimate of drug-likeness (QED) is 0.769. The van der Waals surface area contributed by atoms with Gasteiger partial charge in [-0.2, -0.15) is 0 Å². The van der Waals surface area contributed by atoms with Gasteiger partial charge in [0.05, 0.1) is 12.7 Å². The van der Waals surface area contributed by atoms with Crippen LogP contribution in [0.2, 0.25) is 0 Å². The second-order valence-electron chi connectivity index (χ2n) is 5.13. The first kappa shape index (κ1) is 18.9. The summed E-state index contributed by atoms with van der Waals surface area (Å²) in [5.41, 5.74) is 0.565. The zero-order valence-corrected chi connectivity index (χ0v) is 14.2. The standard InChI is InChI=1S/C18H17FN2O5/c1-20-17(23)11-3-5-12(6-4-11)21-16(22)10-26-18(24)14-8-7-13(25-2)9-15(14)19/h3-9H,10H2,1-2H3,(H,20,23)(H,21,22). The molecule has 0 radical (unpaired) electrons. The third-order valence-electron chi connectivity index (χ3n) is 3.39. The van der Waals surface area contributed by atoms with Crippen LogP contribution in [0.3, 0.4) is 0 Å². The minimum Gasteiger partial charge on any atom is -0.497 e. The van der Waals surface area contributed by atoms with Crippen LogP contribution in [0.15, 0.2) is 42.5 Å². The van der Waals surface area contributed by atoms with Crippen LogP contribution in [-0.2, 0) is 9.53 Å². The van der Waals surface area contributed by atoms with Crippen LogP contribution in [0.5, 0.6) is 5.75 Å². The number of carbonyl (C=O) groups excluding carboxylic acids is 3. The number of hydrogen-bond donors (Lipinski definition) is 2. The molecular formula is C18H17FN2O5. The molecule has 26 heavy (non-hydrogen) atoms. The van der Waals surface area contributed by atoms with Gasteiger partial charge < -0.3 is 20.1 Å². The molecule has 8 heteroatoms. The van der Waals surface area contributed by atoms with Gasteiger partial charge in [-0.1, -0.05) is 0 Å². The topological polar surface area (TPSA) is 93.7 Å². The molecule has 2 aromatic carbocycles. The molecule has 0 aliphatic carbocycles. The first-order valence-corrected chi connectivity index (χ1v) is 7.57. The highest BCUT2D eigenvalue weighted by Crippen LogP contribution is 2.17. The van der Waals surface area contributed by atoms with Crippen LogP contribution in [0.4, 0.5) is 10.1 Å². The fraction of sp³-hybridized carbons (Fsp3) is 0.167. The number of benzene rings is 2. The van der Waals surface area contributed by atoms with Gasteiger partial charge in [-0.3, -0.25) is 9.59 Å². The van der Waals surface area contributed by atoms with Crippen molar-refractivity contribution in [3.8, 4) is 5.75 Å². The number of methoxy groups -OCH3 is 1. The van der Waals surface area contributed by atoms with E-state index in [4.69, 9.17) is 9.47 Å². The second kappa shape index (κ2) is 8.61. The van der Waals surface area contributed by atoms with E-state index < -0.39 is 24.3 Å². The maximum Gasteiger partial charge on any atom is 0.341 e. The number of rotatable bonds is 6. The molecule has 7 nitrogen and oxygen atoms in total. The van der Waals surface area contributed by atoms with E-state index in [1.54, 1.807) is 0 Å². The fourth-order valence-electron chi connectivity index (χ4n) is 2.04. The third-order valence-corrected chi connectivity index (χ3v) is 3.39. The molecule has 2 rings (SSSR count). The van der Waals surface area contributed by atoms with Gasteiger partial charge in [-0.25, -0.2) is 9.18 Å². The Labute approximate surface area is 149 Å². The van der Waals surface area contributed by atoms with E-state index in [0.717, 1.165) is 6.07 Å². The zero-order chi connectivity index (χ0) is 19.1. The molecule has 2 N–H and O–H groups in total. The smallest absolute Gasteiger partial charge is 0.341 e. The van der Waals surface area contributed by atoms with E-state index in [1.165, 1.54) is 50.6 Å². The predicted molar refractivity (Wildman–Crippen MR) is 91.7 cm³/mol. The SMILES string of the molecule is CNC(=O)c1ccc(NC(=O)COC(=O)c2ccc(OC)cc2F)cc1. The first-order chi connectivity index (χ1) is 12.4. The lowest BCUT2D eigenvalue weighted by Gasteiger charge is -2.08. The molecule has 0 aliphatic heterocycles. The van der Waals surface area contributed by atoms with E-state index in [2.05, 4.69) is 10.6 Å². The summed E-state index contributed by atoms with van der Waals surface area (Å²) in [7, 11) is 2.89. The van der Waals surface area contributed by atoms with Crippen molar-refractivity contribution in [2.24, 2.45) is 0 Å². The van der Waals surface area contributed by atoms with Crippen LogP contribution < -0.4 is 15.4 Å². The van der Waals surface area contributed by atoms with E-state index in [0.29, 0.717) is 11.3 Å². The Morgan fingerprint density at radius 1 is 1.08 bits per heavy atom. The maximum atomic E-state index is 13.8. The van der Waals surface area contributed by atoms with Crippen molar-refractivity contribution in [1.29, 1.82) is 0 Å². The van der Waals surface area contributed by atoms with Crippen molar-refractivity contribution in [2.45, 2.75) is 0 Å². The lowest BCUT2D eigenvalue weighted by atomic mass is 10.2. The number of nitrogens with one attached hydrogen (secondary N) is 2. The van der Waals surface area contributed by atoms with Gasteiger partial charge in [-0.15, -0.1) is 0 Å². The second-order valence-corrected chi connectivity index (χ2v) is 5.13. The van der Waals surface area contributed by atoms with Crippen molar-refractivity contribution < 1.29 is 28.2 Å². The molecule has 0 spiro atoms. The van der Waals surface area contributed by atoms with Gasteiger partial charge in [0.2, 0.25) is 0 Å². The molecule has 0 aliphatic rings. The molecule has 0 saturated carbocycles. The number of hydrogen-bond acceptors (Lipinski definition) is 5. The monoisotopic (exact) mass is 360 g/mol.